The Morgan fingerprint density at radius 3 is 2.69 bits per heavy atom. The zero-order valence-corrected chi connectivity index (χ0v) is 10.9. The van der Waals surface area contributed by atoms with Crippen molar-refractivity contribution in [2.45, 2.75) is 51.0 Å². The van der Waals surface area contributed by atoms with Gasteiger partial charge in [0.15, 0.2) is 0 Å². The summed E-state index contributed by atoms with van der Waals surface area (Å²) in [5.41, 5.74) is 0.170. The Bertz CT molecular complexity index is 230. The summed E-state index contributed by atoms with van der Waals surface area (Å²) in [5, 5.41) is 6.54. The Hall–Kier alpha value is -0.280. The molecular weight excluding hydrogens is 224 g/mol. The third-order valence-electron chi connectivity index (χ3n) is 4.03. The van der Waals surface area contributed by atoms with Gasteiger partial charge in [0.1, 0.15) is 0 Å². The quantitative estimate of drug-likeness (QED) is 0.795. The molecule has 0 bridgehead atoms. The van der Waals surface area contributed by atoms with Crippen molar-refractivity contribution >= 4 is 18.3 Å². The summed E-state index contributed by atoms with van der Waals surface area (Å²) in [7, 11) is 0. The molecule has 0 aromatic carbocycles. The summed E-state index contributed by atoms with van der Waals surface area (Å²) in [5.74, 6) is 0.837. The fourth-order valence-electron chi connectivity index (χ4n) is 2.67. The Kier molecular flexibility index (Phi) is 5.06. The number of hydrogen-bond acceptors (Lipinski definition) is 2. The van der Waals surface area contributed by atoms with Crippen LogP contribution in [0, 0.1) is 5.92 Å². The van der Waals surface area contributed by atoms with E-state index >= 15 is 0 Å². The molecule has 94 valence electrons. The molecule has 1 saturated heterocycles. The number of halogens is 1. The average molecular weight is 247 g/mol. The van der Waals surface area contributed by atoms with Gasteiger partial charge in [-0.15, -0.1) is 12.4 Å². The van der Waals surface area contributed by atoms with E-state index in [0.29, 0.717) is 5.92 Å². The van der Waals surface area contributed by atoms with E-state index in [1.54, 1.807) is 0 Å². The summed E-state index contributed by atoms with van der Waals surface area (Å²) in [6.45, 7) is 4.28. The lowest BCUT2D eigenvalue weighted by atomic mass is 9.74. The Morgan fingerprint density at radius 2 is 2.25 bits per heavy atom. The van der Waals surface area contributed by atoms with Crippen LogP contribution in [0.1, 0.15) is 45.4 Å². The molecule has 4 heteroatoms. The Labute approximate surface area is 104 Å². The highest BCUT2D eigenvalue weighted by molar-refractivity contribution is 5.85. The van der Waals surface area contributed by atoms with Gasteiger partial charge >= 0.3 is 0 Å². The van der Waals surface area contributed by atoms with Crippen molar-refractivity contribution in [2.75, 3.05) is 13.1 Å². The maximum Gasteiger partial charge on any atom is 0.220 e. The van der Waals surface area contributed by atoms with E-state index in [2.05, 4.69) is 17.6 Å². The Morgan fingerprint density at radius 1 is 1.50 bits per heavy atom. The first-order chi connectivity index (χ1) is 7.24. The van der Waals surface area contributed by atoms with Crippen LogP contribution < -0.4 is 10.6 Å². The first-order valence-corrected chi connectivity index (χ1v) is 6.26. The van der Waals surface area contributed by atoms with Gasteiger partial charge in [0.25, 0.3) is 0 Å². The highest BCUT2D eigenvalue weighted by Crippen LogP contribution is 2.34. The van der Waals surface area contributed by atoms with Crippen LogP contribution in [-0.4, -0.2) is 24.5 Å². The van der Waals surface area contributed by atoms with E-state index in [4.69, 9.17) is 0 Å². The molecule has 2 rings (SSSR count). The van der Waals surface area contributed by atoms with Crippen molar-refractivity contribution in [3.8, 4) is 0 Å². The van der Waals surface area contributed by atoms with Gasteiger partial charge in [0.05, 0.1) is 0 Å². The topological polar surface area (TPSA) is 41.1 Å². The van der Waals surface area contributed by atoms with Crippen molar-refractivity contribution < 1.29 is 4.79 Å². The minimum Gasteiger partial charge on any atom is -0.351 e. The molecule has 2 aliphatic rings. The molecule has 16 heavy (non-hydrogen) atoms. The predicted octanol–water partition coefficient (Wildman–Crippen LogP) is 1.86. The van der Waals surface area contributed by atoms with Gasteiger partial charge in [-0.25, -0.2) is 0 Å². The number of amides is 1. The monoisotopic (exact) mass is 246 g/mol. The molecule has 3 nitrogen and oxygen atoms in total. The van der Waals surface area contributed by atoms with Crippen LogP contribution >= 0.6 is 12.4 Å². The number of nitrogens with one attached hydrogen (secondary N) is 2. The molecule has 0 spiro atoms. The van der Waals surface area contributed by atoms with Gasteiger partial charge in [-0.1, -0.05) is 6.92 Å². The standard InChI is InChI=1S/C12H22N2O.ClH/c1-2-12(5-3-6-12)14-11(15)8-10-4-7-13-9-10;/h10,13H,2-9H2,1H3,(H,14,15);1H. The number of hydrogen-bond donors (Lipinski definition) is 2. The van der Waals surface area contributed by atoms with E-state index in [9.17, 15) is 4.79 Å². The zero-order valence-electron chi connectivity index (χ0n) is 10.1. The van der Waals surface area contributed by atoms with E-state index in [0.717, 1.165) is 32.4 Å². The minimum atomic E-state index is 0. The third-order valence-corrected chi connectivity index (χ3v) is 4.03. The first-order valence-electron chi connectivity index (χ1n) is 6.26. The average Bonchev–Trinajstić information content (AvgIpc) is 2.64. The molecular formula is C12H23ClN2O. The highest BCUT2D eigenvalue weighted by Gasteiger charge is 2.36. The smallest absolute Gasteiger partial charge is 0.220 e. The summed E-state index contributed by atoms with van der Waals surface area (Å²) >= 11 is 0. The van der Waals surface area contributed by atoms with Crippen LogP contribution in [0.4, 0.5) is 0 Å². The van der Waals surface area contributed by atoms with Crippen LogP contribution in [0.25, 0.3) is 0 Å². The molecule has 0 radical (unpaired) electrons. The second-order valence-corrected chi connectivity index (χ2v) is 5.10. The van der Waals surface area contributed by atoms with Gasteiger partial charge in [-0.05, 0) is 51.1 Å². The SMILES string of the molecule is CCC1(NC(=O)CC2CCNC2)CCC1.Cl. The van der Waals surface area contributed by atoms with Crippen molar-refractivity contribution in [1.82, 2.24) is 10.6 Å². The second-order valence-electron chi connectivity index (χ2n) is 5.10. The van der Waals surface area contributed by atoms with Gasteiger partial charge in [0, 0.05) is 12.0 Å². The molecule has 1 saturated carbocycles. The van der Waals surface area contributed by atoms with Crippen molar-refractivity contribution in [3.05, 3.63) is 0 Å². The molecule has 0 aromatic heterocycles. The molecule has 1 aliphatic carbocycles. The molecule has 1 aliphatic heterocycles. The van der Waals surface area contributed by atoms with Crippen molar-refractivity contribution in [3.63, 3.8) is 0 Å². The zero-order chi connectivity index (χ0) is 10.7. The fraction of sp³-hybridized carbons (Fsp3) is 0.917. The molecule has 1 atom stereocenters. The van der Waals surface area contributed by atoms with Crippen LogP contribution in [0.5, 0.6) is 0 Å². The van der Waals surface area contributed by atoms with E-state index in [-0.39, 0.29) is 23.9 Å². The lowest BCUT2D eigenvalue weighted by molar-refractivity contribution is -0.125. The van der Waals surface area contributed by atoms with Crippen LogP contribution in [0.2, 0.25) is 0 Å². The summed E-state index contributed by atoms with van der Waals surface area (Å²) in [4.78, 5) is 11.8. The second kappa shape index (κ2) is 5.87. The number of rotatable bonds is 4. The third kappa shape index (κ3) is 3.11. The summed E-state index contributed by atoms with van der Waals surface area (Å²) in [6.07, 6.45) is 6.60. The van der Waals surface area contributed by atoms with Gasteiger partial charge in [-0.2, -0.15) is 0 Å². The lowest BCUT2D eigenvalue weighted by Crippen LogP contribution is -2.53. The highest BCUT2D eigenvalue weighted by atomic mass is 35.5. The van der Waals surface area contributed by atoms with E-state index < -0.39 is 0 Å². The summed E-state index contributed by atoms with van der Waals surface area (Å²) in [6, 6.07) is 0. The first kappa shape index (κ1) is 13.8. The Balaban J connectivity index is 0.00000128. The maximum atomic E-state index is 11.8. The number of carbonyl (C=O) groups is 1. The van der Waals surface area contributed by atoms with Crippen molar-refractivity contribution in [2.24, 2.45) is 5.92 Å². The predicted molar refractivity (Wildman–Crippen MR) is 67.9 cm³/mol. The molecule has 2 N–H and O–H groups in total. The van der Waals surface area contributed by atoms with Gasteiger partial charge < -0.3 is 10.6 Å². The van der Waals surface area contributed by atoms with Gasteiger partial charge in [0.2, 0.25) is 5.91 Å². The lowest BCUT2D eigenvalue weighted by Gasteiger charge is -2.42. The van der Waals surface area contributed by atoms with E-state index in [1.807, 2.05) is 0 Å². The minimum absolute atomic E-state index is 0. The van der Waals surface area contributed by atoms with Crippen LogP contribution in [0.15, 0.2) is 0 Å². The molecule has 1 amide bonds. The number of carbonyl (C=O) groups excluding carboxylic acids is 1. The maximum absolute atomic E-state index is 11.8. The molecule has 0 aromatic rings. The molecule has 1 heterocycles. The molecule has 2 fully saturated rings. The van der Waals surface area contributed by atoms with E-state index in [1.165, 1.54) is 19.3 Å². The van der Waals surface area contributed by atoms with Gasteiger partial charge in [-0.3, -0.25) is 4.79 Å². The summed E-state index contributed by atoms with van der Waals surface area (Å²) < 4.78 is 0. The van der Waals surface area contributed by atoms with Crippen LogP contribution in [0.3, 0.4) is 0 Å². The van der Waals surface area contributed by atoms with Crippen molar-refractivity contribution in [1.29, 1.82) is 0 Å². The van der Waals surface area contributed by atoms with Crippen LogP contribution in [-0.2, 0) is 4.79 Å². The molecule has 1 unspecified atom stereocenters. The fourth-order valence-corrected chi connectivity index (χ4v) is 2.67. The largest absolute Gasteiger partial charge is 0.351 e. The normalized spacial score (nSPS) is 26.7.